The topological polar surface area (TPSA) is 76.0 Å². The van der Waals surface area contributed by atoms with E-state index in [0.29, 0.717) is 28.4 Å². The molecule has 1 heterocycles. The monoisotopic (exact) mass is 492 g/mol. The highest BCUT2D eigenvalue weighted by atomic mass is 35.5. The normalized spacial score (nSPS) is 11.4. The van der Waals surface area contributed by atoms with Gasteiger partial charge in [-0.3, -0.25) is 9.59 Å². The minimum absolute atomic E-state index is 0.0397. The van der Waals surface area contributed by atoms with Crippen molar-refractivity contribution >= 4 is 23.4 Å². The van der Waals surface area contributed by atoms with Gasteiger partial charge in [-0.1, -0.05) is 17.7 Å². The summed E-state index contributed by atoms with van der Waals surface area (Å²) < 4.78 is 42.5. The predicted molar refractivity (Wildman–Crippen MR) is 123 cm³/mol. The third-order valence-electron chi connectivity index (χ3n) is 5.10. The van der Waals surface area contributed by atoms with Gasteiger partial charge >= 0.3 is 6.18 Å². The highest BCUT2D eigenvalue weighted by Crippen LogP contribution is 2.33. The molecule has 0 aliphatic rings. The van der Waals surface area contributed by atoms with E-state index >= 15 is 0 Å². The summed E-state index contributed by atoms with van der Waals surface area (Å²) in [5, 5.41) is 9.95. The lowest BCUT2D eigenvalue weighted by atomic mass is 10.1. The fourth-order valence-electron chi connectivity index (χ4n) is 3.44. The molecule has 0 aliphatic carbocycles. The Labute approximate surface area is 200 Å². The van der Waals surface area contributed by atoms with E-state index in [2.05, 4.69) is 15.7 Å². The molecule has 0 spiro atoms. The Kier molecular flexibility index (Phi) is 7.98. The number of hydrogen-bond donors (Lipinski definition) is 2. The first-order valence-corrected chi connectivity index (χ1v) is 11.0. The number of carbonyl (C=O) groups is 2. The summed E-state index contributed by atoms with van der Waals surface area (Å²) in [5.41, 5.74) is 1.29. The summed E-state index contributed by atoms with van der Waals surface area (Å²) in [7, 11) is 0. The molecule has 2 N–H and O–H groups in total. The fourth-order valence-corrected chi connectivity index (χ4v) is 3.57. The number of aryl methyl sites for hydroxylation is 2. The van der Waals surface area contributed by atoms with Crippen molar-refractivity contribution < 1.29 is 22.8 Å². The summed E-state index contributed by atoms with van der Waals surface area (Å²) >= 11 is 5.79. The first-order valence-electron chi connectivity index (χ1n) is 10.6. The Morgan fingerprint density at radius 2 is 1.74 bits per heavy atom. The molecule has 2 aromatic carbocycles. The molecule has 3 rings (SSSR count). The third-order valence-corrected chi connectivity index (χ3v) is 5.35. The number of rotatable bonds is 8. The van der Waals surface area contributed by atoms with Gasteiger partial charge in [0.1, 0.15) is 0 Å². The SMILES string of the molecule is Cc1cc(C)n(-c2ccc(CNC(=O)CCCNC(=O)c3ccc(Cl)cc3)c(C(F)(F)F)c2)n1. The van der Waals surface area contributed by atoms with Gasteiger partial charge in [-0.25, -0.2) is 4.68 Å². The molecule has 0 bridgehead atoms. The lowest BCUT2D eigenvalue weighted by Crippen LogP contribution is -2.28. The van der Waals surface area contributed by atoms with Crippen LogP contribution in [0.1, 0.15) is 45.7 Å². The van der Waals surface area contributed by atoms with Gasteiger partial charge in [0.25, 0.3) is 5.91 Å². The molecule has 1 aromatic heterocycles. The predicted octanol–water partition coefficient (Wildman–Crippen LogP) is 4.99. The number of amides is 2. The minimum Gasteiger partial charge on any atom is -0.352 e. The Hall–Kier alpha value is -3.33. The average Bonchev–Trinajstić information content (AvgIpc) is 3.12. The molecule has 0 aliphatic heterocycles. The summed E-state index contributed by atoms with van der Waals surface area (Å²) in [6, 6.07) is 12.1. The van der Waals surface area contributed by atoms with Crippen LogP contribution in [-0.4, -0.2) is 28.1 Å². The highest BCUT2D eigenvalue weighted by Gasteiger charge is 2.34. The number of carbonyl (C=O) groups excluding carboxylic acids is 2. The van der Waals surface area contributed by atoms with Crippen molar-refractivity contribution in [2.45, 2.75) is 39.4 Å². The molecule has 0 radical (unpaired) electrons. The van der Waals surface area contributed by atoms with E-state index in [9.17, 15) is 22.8 Å². The summed E-state index contributed by atoms with van der Waals surface area (Å²) in [4.78, 5) is 24.2. The summed E-state index contributed by atoms with van der Waals surface area (Å²) in [6.07, 6.45) is -4.18. The molecule has 0 saturated carbocycles. The maximum absolute atomic E-state index is 13.7. The molecule has 3 aromatic rings. The zero-order valence-corrected chi connectivity index (χ0v) is 19.4. The highest BCUT2D eigenvalue weighted by molar-refractivity contribution is 6.30. The van der Waals surface area contributed by atoms with Gasteiger partial charge < -0.3 is 10.6 Å². The summed E-state index contributed by atoms with van der Waals surface area (Å²) in [6.45, 7) is 3.52. The van der Waals surface area contributed by atoms with Gasteiger partial charge in [0.2, 0.25) is 5.91 Å². The second kappa shape index (κ2) is 10.7. The Morgan fingerprint density at radius 3 is 2.35 bits per heavy atom. The maximum Gasteiger partial charge on any atom is 0.416 e. The van der Waals surface area contributed by atoms with Crippen LogP contribution in [0.25, 0.3) is 5.69 Å². The van der Waals surface area contributed by atoms with Crippen molar-refractivity contribution in [3.05, 3.63) is 81.6 Å². The molecule has 0 atom stereocenters. The lowest BCUT2D eigenvalue weighted by molar-refractivity contribution is -0.138. The van der Waals surface area contributed by atoms with E-state index < -0.39 is 17.6 Å². The van der Waals surface area contributed by atoms with Crippen molar-refractivity contribution in [1.82, 2.24) is 20.4 Å². The largest absolute Gasteiger partial charge is 0.416 e. The van der Waals surface area contributed by atoms with Crippen LogP contribution < -0.4 is 10.6 Å². The molecular formula is C24H24ClF3N4O2. The molecule has 0 fully saturated rings. The molecular weight excluding hydrogens is 469 g/mol. The Bertz CT molecular complexity index is 1170. The molecule has 34 heavy (non-hydrogen) atoms. The smallest absolute Gasteiger partial charge is 0.352 e. The standard InChI is InChI=1S/C24H24ClF3N4O2/c1-15-12-16(2)32(31-15)20-10-7-18(21(13-20)24(26,27)28)14-30-22(33)4-3-11-29-23(34)17-5-8-19(25)9-6-17/h5-10,12-13H,3-4,11,14H2,1-2H3,(H,29,34)(H,30,33). The van der Waals surface area contributed by atoms with Crippen molar-refractivity contribution in [3.8, 4) is 5.69 Å². The van der Waals surface area contributed by atoms with E-state index in [1.54, 1.807) is 50.2 Å². The molecule has 180 valence electrons. The number of alkyl halides is 3. The minimum atomic E-state index is -4.59. The van der Waals surface area contributed by atoms with Crippen LogP contribution in [0.15, 0.2) is 48.5 Å². The van der Waals surface area contributed by atoms with Crippen molar-refractivity contribution in [1.29, 1.82) is 0 Å². The quantitative estimate of drug-likeness (QED) is 0.435. The van der Waals surface area contributed by atoms with Crippen LogP contribution in [0.5, 0.6) is 0 Å². The van der Waals surface area contributed by atoms with Crippen LogP contribution in [0.2, 0.25) is 5.02 Å². The molecule has 0 saturated heterocycles. The number of aromatic nitrogens is 2. The second-order valence-electron chi connectivity index (χ2n) is 7.82. The zero-order valence-electron chi connectivity index (χ0n) is 18.7. The Balaban J connectivity index is 1.54. The van der Waals surface area contributed by atoms with Crippen molar-refractivity contribution in [2.24, 2.45) is 0 Å². The lowest BCUT2D eigenvalue weighted by Gasteiger charge is -2.16. The molecule has 2 amide bonds. The van der Waals surface area contributed by atoms with Crippen LogP contribution in [0, 0.1) is 13.8 Å². The van der Waals surface area contributed by atoms with Crippen LogP contribution >= 0.6 is 11.6 Å². The van der Waals surface area contributed by atoms with E-state index in [1.807, 2.05) is 0 Å². The van der Waals surface area contributed by atoms with Gasteiger partial charge in [0.05, 0.1) is 16.9 Å². The zero-order chi connectivity index (χ0) is 24.9. The fraction of sp³-hybridized carbons (Fsp3) is 0.292. The van der Waals surface area contributed by atoms with Crippen LogP contribution in [-0.2, 0) is 17.5 Å². The van der Waals surface area contributed by atoms with Crippen LogP contribution in [0.3, 0.4) is 0 Å². The summed E-state index contributed by atoms with van der Waals surface area (Å²) in [5.74, 6) is -0.703. The molecule has 10 heteroatoms. The van der Waals surface area contributed by atoms with E-state index in [1.165, 1.54) is 10.7 Å². The number of halogens is 4. The third kappa shape index (κ3) is 6.60. The number of benzene rings is 2. The van der Waals surface area contributed by atoms with Gasteiger partial charge in [-0.2, -0.15) is 18.3 Å². The molecule has 0 unspecified atom stereocenters. The van der Waals surface area contributed by atoms with E-state index in [-0.39, 0.29) is 31.0 Å². The first-order chi connectivity index (χ1) is 16.0. The van der Waals surface area contributed by atoms with Gasteiger partial charge in [-0.05, 0) is 68.3 Å². The average molecular weight is 493 g/mol. The Morgan fingerprint density at radius 1 is 1.03 bits per heavy atom. The molecule has 6 nitrogen and oxygen atoms in total. The van der Waals surface area contributed by atoms with Crippen LogP contribution in [0.4, 0.5) is 13.2 Å². The van der Waals surface area contributed by atoms with E-state index in [4.69, 9.17) is 11.6 Å². The van der Waals surface area contributed by atoms with E-state index in [0.717, 1.165) is 11.8 Å². The van der Waals surface area contributed by atoms with Crippen molar-refractivity contribution in [2.75, 3.05) is 6.54 Å². The number of nitrogens with zero attached hydrogens (tertiary/aromatic N) is 2. The van der Waals surface area contributed by atoms with Gasteiger partial charge in [0, 0.05) is 35.8 Å². The maximum atomic E-state index is 13.7. The van der Waals surface area contributed by atoms with Gasteiger partial charge in [-0.15, -0.1) is 0 Å². The number of hydrogen-bond acceptors (Lipinski definition) is 3. The second-order valence-corrected chi connectivity index (χ2v) is 8.26. The number of nitrogens with one attached hydrogen (secondary N) is 2. The first kappa shape index (κ1) is 25.3. The van der Waals surface area contributed by atoms with Gasteiger partial charge in [0.15, 0.2) is 0 Å². The van der Waals surface area contributed by atoms with Crippen molar-refractivity contribution in [3.63, 3.8) is 0 Å².